The molecule has 0 amide bonds. The minimum absolute atomic E-state index is 0.565. The molecule has 0 radical (unpaired) electrons. The zero-order valence-corrected chi connectivity index (χ0v) is 37.6. The van der Waals surface area contributed by atoms with Crippen LogP contribution in [0.1, 0.15) is 40.3 Å². The van der Waals surface area contributed by atoms with Crippen molar-refractivity contribution in [1.29, 1.82) is 0 Å². The summed E-state index contributed by atoms with van der Waals surface area (Å²) in [5, 5.41) is 2.47. The Morgan fingerprint density at radius 2 is 0.985 bits per heavy atom. The van der Waals surface area contributed by atoms with E-state index in [-0.39, 0.29) is 0 Å². The van der Waals surface area contributed by atoms with Crippen LogP contribution in [0.2, 0.25) is 0 Å². The Morgan fingerprint density at radius 1 is 0.418 bits per heavy atom. The van der Waals surface area contributed by atoms with Crippen LogP contribution >= 0.6 is 0 Å². The molecule has 0 atom stereocenters. The first-order chi connectivity index (χ1) is 33.2. The maximum absolute atomic E-state index is 4.44. The first kappa shape index (κ1) is 41.2. The fraction of sp³-hybridized carbons (Fsp3) is 0.0303. The van der Waals surface area contributed by atoms with Crippen LogP contribution in [-0.2, 0) is 5.41 Å². The summed E-state index contributed by atoms with van der Waals surface area (Å²) < 4.78 is 0. The van der Waals surface area contributed by atoms with Crippen molar-refractivity contribution in [1.82, 2.24) is 0 Å². The van der Waals surface area contributed by atoms with Gasteiger partial charge in [0.05, 0.1) is 11.1 Å². The number of allylic oxidation sites excluding steroid dienone is 5. The normalized spacial score (nSPS) is 12.9. The lowest BCUT2D eigenvalue weighted by molar-refractivity contribution is 0.768. The molecule has 10 aromatic carbocycles. The van der Waals surface area contributed by atoms with E-state index in [2.05, 4.69) is 279 Å². The Labute approximate surface area is 394 Å². The van der Waals surface area contributed by atoms with Gasteiger partial charge in [-0.3, -0.25) is 0 Å². The quantitative estimate of drug-likeness (QED) is 0.0925. The van der Waals surface area contributed by atoms with Crippen LogP contribution in [0.3, 0.4) is 0 Å². The van der Waals surface area contributed by atoms with Crippen molar-refractivity contribution in [2.24, 2.45) is 0 Å². The van der Waals surface area contributed by atoms with Crippen LogP contribution in [0.25, 0.3) is 55.3 Å². The van der Waals surface area contributed by atoms with Crippen molar-refractivity contribution in [3.8, 4) is 33.4 Å². The molecule has 1 nitrogen and oxygen atoms in total. The van der Waals surface area contributed by atoms with E-state index in [0.29, 0.717) is 0 Å². The zero-order valence-electron chi connectivity index (χ0n) is 37.6. The van der Waals surface area contributed by atoms with Crippen molar-refractivity contribution in [2.45, 2.75) is 12.3 Å². The maximum atomic E-state index is 4.44. The van der Waals surface area contributed by atoms with Crippen molar-refractivity contribution in [3.63, 3.8) is 0 Å². The molecule has 1 aliphatic carbocycles. The monoisotopic (exact) mass is 855 g/mol. The molecule has 0 N–H and O–H groups in total. The molecule has 0 unspecified atom stereocenters. The smallest absolute Gasteiger partial charge is 0.0714 e. The highest BCUT2D eigenvalue weighted by atomic mass is 15.1. The molecule has 318 valence electrons. The Balaban J connectivity index is 1.22. The molecule has 10 aromatic rings. The number of nitrogens with zero attached hydrogens (tertiary/aromatic N) is 1. The minimum Gasteiger partial charge on any atom is -0.310 e. The number of rotatable bonds is 11. The minimum atomic E-state index is -0.565. The summed E-state index contributed by atoms with van der Waals surface area (Å²) in [4.78, 5) is 2.48. The van der Waals surface area contributed by atoms with Gasteiger partial charge in [0.15, 0.2) is 0 Å². The van der Waals surface area contributed by atoms with Gasteiger partial charge < -0.3 is 4.90 Å². The van der Waals surface area contributed by atoms with Crippen LogP contribution in [0.4, 0.5) is 17.1 Å². The molecule has 0 spiro atoms. The number of anilines is 3. The highest BCUT2D eigenvalue weighted by molar-refractivity contribution is 6.07. The lowest BCUT2D eigenvalue weighted by Gasteiger charge is -2.35. The molecule has 0 saturated carbocycles. The third kappa shape index (κ3) is 7.23. The molecule has 0 bridgehead atoms. The summed E-state index contributed by atoms with van der Waals surface area (Å²) in [6, 6.07) is 90.9. The van der Waals surface area contributed by atoms with Gasteiger partial charge in [0, 0.05) is 16.9 Å². The van der Waals surface area contributed by atoms with Gasteiger partial charge in [-0.15, -0.1) is 0 Å². The van der Waals surface area contributed by atoms with Crippen LogP contribution in [0, 0.1) is 0 Å². The molecule has 0 aromatic heterocycles. The first-order valence-electron chi connectivity index (χ1n) is 23.2. The zero-order chi connectivity index (χ0) is 45.2. The van der Waals surface area contributed by atoms with Gasteiger partial charge in [-0.1, -0.05) is 237 Å². The Hall–Kier alpha value is -8.52. The molecule has 0 aliphatic heterocycles. The number of benzene rings is 10. The van der Waals surface area contributed by atoms with E-state index in [1.54, 1.807) is 0 Å². The molecule has 1 heteroatoms. The van der Waals surface area contributed by atoms with Crippen molar-refractivity contribution in [3.05, 3.63) is 307 Å². The van der Waals surface area contributed by atoms with Gasteiger partial charge in [0.25, 0.3) is 0 Å². The van der Waals surface area contributed by atoms with E-state index in [4.69, 9.17) is 0 Å². The fourth-order valence-corrected chi connectivity index (χ4v) is 10.5. The number of fused-ring (bicyclic) bond motifs is 4. The molecular formula is C66H49N. The number of hydrogen-bond donors (Lipinski definition) is 0. The van der Waals surface area contributed by atoms with Gasteiger partial charge in [-0.25, -0.2) is 0 Å². The average molecular weight is 856 g/mol. The second-order valence-electron chi connectivity index (χ2n) is 17.2. The Kier molecular flexibility index (Phi) is 10.9. The summed E-state index contributed by atoms with van der Waals surface area (Å²) in [7, 11) is 0. The Morgan fingerprint density at radius 3 is 1.67 bits per heavy atom. The van der Waals surface area contributed by atoms with E-state index >= 15 is 0 Å². The summed E-state index contributed by atoms with van der Waals surface area (Å²) in [6.07, 6.45) is 6.42. The van der Waals surface area contributed by atoms with Crippen LogP contribution in [0.5, 0.6) is 0 Å². The standard InChI is InChI=1S/C66H49N/c1-3-22-61(57(4-2)49-24-9-5-10-25-49)65-58(50-26-11-6-12-27-50)34-21-36-64(65)67(55-41-39-48(40-42-55)52-38-37-47-23-17-18-28-51(47)45-52)56-43-44-60-59-33-19-20-35-62(59)66(63(60)46-56,53-29-13-7-14-30-53)54-31-15-8-16-32-54/h3-46H,2H2,1H3/b22-3-,61-57-. The predicted octanol–water partition coefficient (Wildman–Crippen LogP) is 17.7. The first-order valence-corrected chi connectivity index (χ1v) is 23.2. The van der Waals surface area contributed by atoms with Gasteiger partial charge in [-0.2, -0.15) is 0 Å². The van der Waals surface area contributed by atoms with Crippen LogP contribution in [-0.4, -0.2) is 0 Å². The fourth-order valence-electron chi connectivity index (χ4n) is 10.5. The van der Waals surface area contributed by atoms with E-state index in [0.717, 1.165) is 56.0 Å². The van der Waals surface area contributed by atoms with Crippen LogP contribution < -0.4 is 4.90 Å². The topological polar surface area (TPSA) is 3.24 Å². The van der Waals surface area contributed by atoms with Crippen molar-refractivity contribution in [2.75, 3.05) is 4.90 Å². The molecule has 0 fully saturated rings. The SMILES string of the molecule is C=C/C(=C(\C=C/C)c1c(-c2ccccc2)cccc1N(c1ccc(-c2ccc3ccccc3c2)cc1)c1ccc2c(c1)C(c1ccccc1)(c1ccccc1)c1ccccc1-2)c1ccccc1. The predicted molar refractivity (Wildman–Crippen MR) is 285 cm³/mol. The third-order valence-electron chi connectivity index (χ3n) is 13.5. The second-order valence-corrected chi connectivity index (χ2v) is 17.2. The molecule has 67 heavy (non-hydrogen) atoms. The summed E-state index contributed by atoms with van der Waals surface area (Å²) in [5.41, 5.74) is 19.1. The molecular weight excluding hydrogens is 807 g/mol. The van der Waals surface area contributed by atoms with E-state index < -0.39 is 5.41 Å². The maximum Gasteiger partial charge on any atom is 0.0714 e. The van der Waals surface area contributed by atoms with Gasteiger partial charge >= 0.3 is 0 Å². The van der Waals surface area contributed by atoms with Gasteiger partial charge in [0.2, 0.25) is 0 Å². The van der Waals surface area contributed by atoms with Crippen LogP contribution in [0.15, 0.2) is 274 Å². The lowest BCUT2D eigenvalue weighted by Crippen LogP contribution is -2.28. The van der Waals surface area contributed by atoms with E-state index in [1.165, 1.54) is 49.7 Å². The van der Waals surface area contributed by atoms with Gasteiger partial charge in [0.1, 0.15) is 0 Å². The molecule has 0 heterocycles. The highest BCUT2D eigenvalue weighted by Crippen LogP contribution is 2.57. The van der Waals surface area contributed by atoms with E-state index in [9.17, 15) is 0 Å². The lowest BCUT2D eigenvalue weighted by atomic mass is 9.67. The summed E-state index contributed by atoms with van der Waals surface area (Å²) in [5.74, 6) is 0. The van der Waals surface area contributed by atoms with Crippen molar-refractivity contribution < 1.29 is 0 Å². The average Bonchev–Trinajstić information content (AvgIpc) is 3.70. The van der Waals surface area contributed by atoms with E-state index in [1.807, 2.05) is 6.08 Å². The molecule has 11 rings (SSSR count). The summed E-state index contributed by atoms with van der Waals surface area (Å²) >= 11 is 0. The molecule has 1 aliphatic rings. The molecule has 0 saturated heterocycles. The van der Waals surface area contributed by atoms with Gasteiger partial charge in [-0.05, 0) is 126 Å². The third-order valence-corrected chi connectivity index (χ3v) is 13.5. The number of hydrogen-bond acceptors (Lipinski definition) is 1. The summed E-state index contributed by atoms with van der Waals surface area (Å²) in [6.45, 7) is 6.55. The van der Waals surface area contributed by atoms with Crippen molar-refractivity contribution >= 4 is 39.0 Å². The largest absolute Gasteiger partial charge is 0.310 e. The second kappa shape index (κ2) is 17.8. The Bertz CT molecular complexity index is 3410. The highest BCUT2D eigenvalue weighted by Gasteiger charge is 2.46.